The summed E-state index contributed by atoms with van der Waals surface area (Å²) in [5.41, 5.74) is 1.59. The summed E-state index contributed by atoms with van der Waals surface area (Å²) in [6.45, 7) is 0.965. The summed E-state index contributed by atoms with van der Waals surface area (Å²) < 4.78 is 4.91. The van der Waals surface area contributed by atoms with E-state index in [2.05, 4.69) is 5.32 Å². The van der Waals surface area contributed by atoms with E-state index in [1.165, 1.54) is 0 Å². The number of hydrogen-bond acceptors (Lipinski definition) is 5. The molecular formula is C19H20N2O5. The van der Waals surface area contributed by atoms with Crippen molar-refractivity contribution in [2.24, 2.45) is 11.8 Å². The Balaban J connectivity index is 1.49. The summed E-state index contributed by atoms with van der Waals surface area (Å²) in [4.78, 5) is 49.3. The Morgan fingerprint density at radius 2 is 1.81 bits per heavy atom. The van der Waals surface area contributed by atoms with E-state index in [1.807, 2.05) is 25.1 Å². The molecule has 1 heterocycles. The summed E-state index contributed by atoms with van der Waals surface area (Å²) in [6, 6.07) is 7.21. The van der Waals surface area contributed by atoms with E-state index in [0.717, 1.165) is 10.5 Å². The summed E-state index contributed by atoms with van der Waals surface area (Å²) in [7, 11) is 0. The number of aryl methyl sites for hydroxylation is 1. The zero-order valence-corrected chi connectivity index (χ0v) is 14.4. The molecule has 2 atom stereocenters. The monoisotopic (exact) mass is 356 g/mol. The highest BCUT2D eigenvalue weighted by Crippen LogP contribution is 2.34. The summed E-state index contributed by atoms with van der Waals surface area (Å²) in [5.74, 6) is -2.72. The van der Waals surface area contributed by atoms with Crippen molar-refractivity contribution in [1.82, 2.24) is 4.90 Å². The summed E-state index contributed by atoms with van der Waals surface area (Å²) in [5, 5.41) is 2.62. The SMILES string of the molecule is Cc1cccc(NC(=O)COC(=O)CN2C(=O)[C@@H]3CC=CC[C@H]3C2=O)c1. The minimum Gasteiger partial charge on any atom is -0.454 e. The smallest absolute Gasteiger partial charge is 0.326 e. The highest BCUT2D eigenvalue weighted by Gasteiger charge is 2.47. The van der Waals surface area contributed by atoms with Crippen molar-refractivity contribution in [2.75, 3.05) is 18.5 Å². The molecule has 0 unspecified atom stereocenters. The third kappa shape index (κ3) is 3.82. The number of rotatable bonds is 5. The second-order valence-electron chi connectivity index (χ2n) is 6.50. The van der Waals surface area contributed by atoms with Crippen LogP contribution in [0.2, 0.25) is 0 Å². The number of esters is 1. The largest absolute Gasteiger partial charge is 0.454 e. The van der Waals surface area contributed by atoms with Gasteiger partial charge in [-0.15, -0.1) is 0 Å². The molecule has 7 heteroatoms. The molecule has 26 heavy (non-hydrogen) atoms. The molecule has 1 aliphatic carbocycles. The first-order chi connectivity index (χ1) is 12.5. The van der Waals surface area contributed by atoms with Crippen LogP contribution in [0.1, 0.15) is 18.4 Å². The van der Waals surface area contributed by atoms with Gasteiger partial charge in [-0.1, -0.05) is 24.3 Å². The topological polar surface area (TPSA) is 92.8 Å². The average molecular weight is 356 g/mol. The first-order valence-electron chi connectivity index (χ1n) is 8.48. The number of likely N-dealkylation sites (tertiary alicyclic amines) is 1. The van der Waals surface area contributed by atoms with Crippen LogP contribution in [-0.2, 0) is 23.9 Å². The average Bonchev–Trinajstić information content (AvgIpc) is 2.85. The van der Waals surface area contributed by atoms with Gasteiger partial charge in [0, 0.05) is 5.69 Å². The molecule has 1 N–H and O–H groups in total. The Bertz CT molecular complexity index is 760. The molecule has 1 aromatic rings. The third-order valence-corrected chi connectivity index (χ3v) is 4.55. The third-order valence-electron chi connectivity index (χ3n) is 4.55. The van der Waals surface area contributed by atoms with E-state index >= 15 is 0 Å². The van der Waals surface area contributed by atoms with Gasteiger partial charge in [0.2, 0.25) is 11.8 Å². The van der Waals surface area contributed by atoms with Gasteiger partial charge < -0.3 is 10.1 Å². The van der Waals surface area contributed by atoms with Crippen molar-refractivity contribution >= 4 is 29.4 Å². The van der Waals surface area contributed by atoms with Crippen molar-refractivity contribution in [3.63, 3.8) is 0 Å². The Labute approximate surface area is 151 Å². The van der Waals surface area contributed by atoms with E-state index < -0.39 is 25.0 Å². The van der Waals surface area contributed by atoms with E-state index in [0.29, 0.717) is 18.5 Å². The summed E-state index contributed by atoms with van der Waals surface area (Å²) in [6.07, 6.45) is 4.78. The lowest BCUT2D eigenvalue weighted by molar-refractivity contribution is -0.154. The molecule has 7 nitrogen and oxygen atoms in total. The van der Waals surface area contributed by atoms with Gasteiger partial charge in [-0.3, -0.25) is 24.1 Å². The molecule has 2 aliphatic rings. The second kappa shape index (κ2) is 7.51. The zero-order chi connectivity index (χ0) is 18.7. The molecule has 1 saturated heterocycles. The lowest BCUT2D eigenvalue weighted by Gasteiger charge is -2.14. The van der Waals surface area contributed by atoms with Gasteiger partial charge in [0.05, 0.1) is 11.8 Å². The first kappa shape index (κ1) is 17.8. The number of nitrogens with one attached hydrogen (secondary N) is 1. The van der Waals surface area contributed by atoms with Crippen LogP contribution in [0, 0.1) is 18.8 Å². The molecular weight excluding hydrogens is 336 g/mol. The first-order valence-corrected chi connectivity index (χ1v) is 8.48. The van der Waals surface area contributed by atoms with E-state index in [-0.39, 0.29) is 23.7 Å². The van der Waals surface area contributed by atoms with E-state index in [1.54, 1.807) is 18.2 Å². The minimum absolute atomic E-state index is 0.342. The number of carbonyl (C=O) groups excluding carboxylic acids is 4. The highest BCUT2D eigenvalue weighted by molar-refractivity contribution is 6.07. The summed E-state index contributed by atoms with van der Waals surface area (Å²) >= 11 is 0. The van der Waals surface area contributed by atoms with Gasteiger partial charge >= 0.3 is 5.97 Å². The van der Waals surface area contributed by atoms with Crippen LogP contribution in [0.25, 0.3) is 0 Å². The van der Waals surface area contributed by atoms with E-state index in [4.69, 9.17) is 4.74 Å². The lowest BCUT2D eigenvalue weighted by Crippen LogP contribution is -2.37. The van der Waals surface area contributed by atoms with Crippen molar-refractivity contribution in [1.29, 1.82) is 0 Å². The fraction of sp³-hybridized carbons (Fsp3) is 0.368. The maximum atomic E-state index is 12.3. The normalized spacial score (nSPS) is 21.5. The molecule has 136 valence electrons. The number of hydrogen-bond donors (Lipinski definition) is 1. The molecule has 0 saturated carbocycles. The van der Waals surface area contributed by atoms with Crippen molar-refractivity contribution in [2.45, 2.75) is 19.8 Å². The molecule has 0 radical (unpaired) electrons. The Morgan fingerprint density at radius 1 is 1.15 bits per heavy atom. The van der Waals surface area contributed by atoms with E-state index in [9.17, 15) is 19.2 Å². The molecule has 3 rings (SSSR count). The molecule has 1 aliphatic heterocycles. The quantitative estimate of drug-likeness (QED) is 0.489. The van der Waals surface area contributed by atoms with Crippen molar-refractivity contribution in [3.8, 4) is 0 Å². The van der Waals surface area contributed by atoms with Gasteiger partial charge in [-0.25, -0.2) is 0 Å². The molecule has 0 bridgehead atoms. The van der Waals surface area contributed by atoms with Crippen molar-refractivity contribution < 1.29 is 23.9 Å². The number of anilines is 1. The number of imide groups is 1. The van der Waals surface area contributed by atoms with Crippen LogP contribution >= 0.6 is 0 Å². The van der Waals surface area contributed by atoms with Gasteiger partial charge in [-0.05, 0) is 37.5 Å². The molecule has 0 spiro atoms. The number of carbonyl (C=O) groups is 4. The van der Waals surface area contributed by atoms with Gasteiger partial charge in [0.15, 0.2) is 6.61 Å². The van der Waals surface area contributed by atoms with Crippen molar-refractivity contribution in [3.05, 3.63) is 42.0 Å². The predicted octanol–water partition coefficient (Wildman–Crippen LogP) is 1.43. The van der Waals surface area contributed by atoms with Crippen LogP contribution in [0.5, 0.6) is 0 Å². The van der Waals surface area contributed by atoms with Crippen LogP contribution in [0.3, 0.4) is 0 Å². The minimum atomic E-state index is -0.780. The maximum Gasteiger partial charge on any atom is 0.326 e. The Hall–Kier alpha value is -2.96. The van der Waals surface area contributed by atoms with Crippen LogP contribution in [-0.4, -0.2) is 41.7 Å². The van der Waals surface area contributed by atoms with Gasteiger partial charge in [-0.2, -0.15) is 0 Å². The Kier molecular flexibility index (Phi) is 5.16. The fourth-order valence-electron chi connectivity index (χ4n) is 3.27. The molecule has 3 amide bonds. The van der Waals surface area contributed by atoms with Crippen LogP contribution in [0.15, 0.2) is 36.4 Å². The highest BCUT2D eigenvalue weighted by atomic mass is 16.5. The predicted molar refractivity (Wildman–Crippen MR) is 92.8 cm³/mol. The Morgan fingerprint density at radius 3 is 2.42 bits per heavy atom. The van der Waals surface area contributed by atoms with Gasteiger partial charge in [0.25, 0.3) is 5.91 Å². The molecule has 0 aromatic heterocycles. The number of ether oxygens (including phenoxy) is 1. The number of nitrogens with zero attached hydrogens (tertiary/aromatic N) is 1. The molecule has 1 fully saturated rings. The number of allylic oxidation sites excluding steroid dienone is 2. The van der Waals surface area contributed by atoms with Crippen LogP contribution in [0.4, 0.5) is 5.69 Å². The van der Waals surface area contributed by atoms with Gasteiger partial charge in [0.1, 0.15) is 6.54 Å². The fourth-order valence-corrected chi connectivity index (χ4v) is 3.27. The number of fused-ring (bicyclic) bond motifs is 1. The molecule has 1 aromatic carbocycles. The second-order valence-corrected chi connectivity index (χ2v) is 6.50. The maximum absolute atomic E-state index is 12.3. The lowest BCUT2D eigenvalue weighted by atomic mass is 9.85. The zero-order valence-electron chi connectivity index (χ0n) is 14.4. The number of benzene rings is 1. The van der Waals surface area contributed by atoms with Crippen LogP contribution < -0.4 is 5.32 Å². The number of amides is 3. The standard InChI is InChI=1S/C19H20N2O5/c1-12-5-4-6-13(9-12)20-16(22)11-26-17(23)10-21-18(24)14-7-2-3-8-15(14)19(21)25/h2-6,9,14-15H,7-8,10-11H2,1H3,(H,20,22)/t14-,15-/m1/s1.